The molecule has 2 N–H and O–H groups in total. The van der Waals surface area contributed by atoms with Crippen LogP contribution < -0.4 is 10.2 Å². The van der Waals surface area contributed by atoms with Crippen molar-refractivity contribution in [3.63, 3.8) is 0 Å². The first-order valence-corrected chi connectivity index (χ1v) is 7.49. The van der Waals surface area contributed by atoms with Crippen molar-refractivity contribution in [2.24, 2.45) is 0 Å². The van der Waals surface area contributed by atoms with E-state index in [9.17, 15) is 9.59 Å². The van der Waals surface area contributed by atoms with Crippen molar-refractivity contribution in [2.45, 2.75) is 32.6 Å². The lowest BCUT2D eigenvalue weighted by Crippen LogP contribution is -2.40. The SMILES string of the molecule is CCCCNC(=O)CN1CCCc2cc(C(=O)O)ccc21. The largest absolute Gasteiger partial charge is 0.478 e. The third kappa shape index (κ3) is 3.97. The number of carbonyl (C=O) groups is 2. The van der Waals surface area contributed by atoms with Gasteiger partial charge in [0.05, 0.1) is 12.1 Å². The molecule has 0 unspecified atom stereocenters. The topological polar surface area (TPSA) is 69.6 Å². The average molecular weight is 290 g/mol. The van der Waals surface area contributed by atoms with Crippen LogP contribution in [-0.4, -0.2) is 36.6 Å². The molecular formula is C16H22N2O3. The van der Waals surface area contributed by atoms with Gasteiger partial charge in [-0.3, -0.25) is 4.79 Å². The molecule has 0 atom stereocenters. The highest BCUT2D eigenvalue weighted by Gasteiger charge is 2.20. The lowest BCUT2D eigenvalue weighted by molar-refractivity contribution is -0.119. The average Bonchev–Trinajstić information content (AvgIpc) is 2.47. The van der Waals surface area contributed by atoms with Crippen molar-refractivity contribution >= 4 is 17.6 Å². The van der Waals surface area contributed by atoms with E-state index >= 15 is 0 Å². The number of aryl methyl sites for hydroxylation is 1. The molecule has 0 saturated heterocycles. The fourth-order valence-corrected chi connectivity index (χ4v) is 2.61. The van der Waals surface area contributed by atoms with Gasteiger partial charge in [-0.05, 0) is 43.0 Å². The summed E-state index contributed by atoms with van der Waals surface area (Å²) in [4.78, 5) is 25.0. The van der Waals surface area contributed by atoms with E-state index in [2.05, 4.69) is 12.2 Å². The van der Waals surface area contributed by atoms with E-state index in [1.54, 1.807) is 12.1 Å². The molecule has 0 fully saturated rings. The van der Waals surface area contributed by atoms with Crippen molar-refractivity contribution in [3.05, 3.63) is 29.3 Å². The van der Waals surface area contributed by atoms with Gasteiger partial charge in [-0.25, -0.2) is 4.79 Å². The van der Waals surface area contributed by atoms with Gasteiger partial charge in [0.1, 0.15) is 0 Å². The summed E-state index contributed by atoms with van der Waals surface area (Å²) in [6.45, 7) is 3.98. The molecule has 2 rings (SSSR count). The molecule has 1 aliphatic rings. The first kappa shape index (κ1) is 15.4. The summed E-state index contributed by atoms with van der Waals surface area (Å²) in [6.07, 6.45) is 3.86. The minimum absolute atomic E-state index is 0.0265. The van der Waals surface area contributed by atoms with Gasteiger partial charge in [-0.15, -0.1) is 0 Å². The standard InChI is InChI=1S/C16H22N2O3/c1-2-3-8-17-15(19)11-18-9-4-5-12-10-13(16(20)21)6-7-14(12)18/h6-7,10H,2-5,8-9,11H2,1H3,(H,17,19)(H,20,21). The molecular weight excluding hydrogens is 268 g/mol. The number of nitrogens with zero attached hydrogens (tertiary/aromatic N) is 1. The number of amides is 1. The van der Waals surface area contributed by atoms with Gasteiger partial charge in [0, 0.05) is 18.8 Å². The fraction of sp³-hybridized carbons (Fsp3) is 0.500. The van der Waals surface area contributed by atoms with Gasteiger partial charge in [0.2, 0.25) is 5.91 Å². The summed E-state index contributed by atoms with van der Waals surface area (Å²) in [5.41, 5.74) is 2.31. The number of unbranched alkanes of at least 4 members (excludes halogenated alkanes) is 1. The minimum atomic E-state index is -0.910. The van der Waals surface area contributed by atoms with Crippen LogP contribution in [0.3, 0.4) is 0 Å². The fourth-order valence-electron chi connectivity index (χ4n) is 2.61. The molecule has 114 valence electrons. The summed E-state index contributed by atoms with van der Waals surface area (Å²) in [7, 11) is 0. The van der Waals surface area contributed by atoms with Gasteiger partial charge in [0.15, 0.2) is 0 Å². The first-order chi connectivity index (χ1) is 10.1. The molecule has 0 aromatic heterocycles. The van der Waals surface area contributed by atoms with Gasteiger partial charge >= 0.3 is 5.97 Å². The van der Waals surface area contributed by atoms with Crippen molar-refractivity contribution < 1.29 is 14.7 Å². The van der Waals surface area contributed by atoms with Crippen LogP contribution in [0.15, 0.2) is 18.2 Å². The van der Waals surface area contributed by atoms with Crippen LogP contribution >= 0.6 is 0 Å². The van der Waals surface area contributed by atoms with Crippen LogP contribution in [0.5, 0.6) is 0 Å². The van der Waals surface area contributed by atoms with Gasteiger partial charge in [-0.1, -0.05) is 13.3 Å². The third-order valence-electron chi connectivity index (χ3n) is 3.73. The Morgan fingerprint density at radius 3 is 2.90 bits per heavy atom. The number of aromatic carboxylic acids is 1. The zero-order valence-corrected chi connectivity index (χ0v) is 12.4. The molecule has 5 nitrogen and oxygen atoms in total. The molecule has 21 heavy (non-hydrogen) atoms. The molecule has 0 bridgehead atoms. The number of carboxylic acid groups (broad SMARTS) is 1. The van der Waals surface area contributed by atoms with Gasteiger partial charge in [0.25, 0.3) is 0 Å². The zero-order valence-electron chi connectivity index (χ0n) is 12.4. The van der Waals surface area contributed by atoms with E-state index in [4.69, 9.17) is 5.11 Å². The van der Waals surface area contributed by atoms with E-state index in [1.165, 1.54) is 0 Å². The number of carboxylic acids is 1. The Morgan fingerprint density at radius 2 is 2.19 bits per heavy atom. The lowest BCUT2D eigenvalue weighted by Gasteiger charge is -2.31. The third-order valence-corrected chi connectivity index (χ3v) is 3.73. The van der Waals surface area contributed by atoms with Crippen LogP contribution in [-0.2, 0) is 11.2 Å². The molecule has 0 aliphatic carbocycles. The summed E-state index contributed by atoms with van der Waals surface area (Å²) >= 11 is 0. The Balaban J connectivity index is 2.04. The Hall–Kier alpha value is -2.04. The maximum Gasteiger partial charge on any atom is 0.335 e. The molecule has 5 heteroatoms. The van der Waals surface area contributed by atoms with Gasteiger partial charge in [-0.2, -0.15) is 0 Å². The number of benzene rings is 1. The summed E-state index contributed by atoms with van der Waals surface area (Å²) in [5, 5.41) is 12.0. The zero-order chi connectivity index (χ0) is 15.2. The molecule has 1 aliphatic heterocycles. The molecule has 1 heterocycles. The molecule has 1 amide bonds. The predicted molar refractivity (Wildman–Crippen MR) is 81.9 cm³/mol. The number of nitrogens with one attached hydrogen (secondary N) is 1. The number of hydrogen-bond acceptors (Lipinski definition) is 3. The molecule has 0 saturated carbocycles. The van der Waals surface area contributed by atoms with Crippen molar-refractivity contribution in [3.8, 4) is 0 Å². The minimum Gasteiger partial charge on any atom is -0.478 e. The number of fused-ring (bicyclic) bond motifs is 1. The maximum absolute atomic E-state index is 11.9. The Kier molecular flexibility index (Phi) is 5.20. The molecule has 1 aromatic carbocycles. The van der Waals surface area contributed by atoms with Crippen LogP contribution in [0.4, 0.5) is 5.69 Å². The van der Waals surface area contributed by atoms with E-state index in [0.29, 0.717) is 18.7 Å². The first-order valence-electron chi connectivity index (χ1n) is 7.49. The van der Waals surface area contributed by atoms with E-state index in [-0.39, 0.29) is 5.91 Å². The highest BCUT2D eigenvalue weighted by molar-refractivity contribution is 5.89. The molecule has 1 aromatic rings. The predicted octanol–water partition coefficient (Wildman–Crippen LogP) is 2.05. The van der Waals surface area contributed by atoms with Crippen LogP contribution in [0.25, 0.3) is 0 Å². The van der Waals surface area contributed by atoms with E-state index < -0.39 is 5.97 Å². The van der Waals surface area contributed by atoms with Crippen LogP contribution in [0.1, 0.15) is 42.1 Å². The second-order valence-electron chi connectivity index (χ2n) is 5.38. The van der Waals surface area contributed by atoms with Gasteiger partial charge < -0.3 is 15.3 Å². The highest BCUT2D eigenvalue weighted by Crippen LogP contribution is 2.27. The number of carbonyl (C=O) groups excluding carboxylic acids is 1. The lowest BCUT2D eigenvalue weighted by atomic mass is 9.99. The van der Waals surface area contributed by atoms with E-state index in [0.717, 1.165) is 43.5 Å². The summed E-state index contributed by atoms with van der Waals surface area (Å²) in [6, 6.07) is 5.14. The van der Waals surface area contributed by atoms with E-state index in [1.807, 2.05) is 11.0 Å². The molecule has 0 spiro atoms. The van der Waals surface area contributed by atoms with Crippen LogP contribution in [0.2, 0.25) is 0 Å². The summed E-state index contributed by atoms with van der Waals surface area (Å²) < 4.78 is 0. The van der Waals surface area contributed by atoms with Crippen LogP contribution in [0, 0.1) is 0 Å². The smallest absolute Gasteiger partial charge is 0.335 e. The summed E-state index contributed by atoms with van der Waals surface area (Å²) in [5.74, 6) is -0.883. The maximum atomic E-state index is 11.9. The highest BCUT2D eigenvalue weighted by atomic mass is 16.4. The monoisotopic (exact) mass is 290 g/mol. The van der Waals surface area contributed by atoms with Crippen molar-refractivity contribution in [2.75, 3.05) is 24.5 Å². The Morgan fingerprint density at radius 1 is 1.38 bits per heavy atom. The Labute approximate surface area is 125 Å². The number of anilines is 1. The van der Waals surface area contributed by atoms with Crippen molar-refractivity contribution in [1.82, 2.24) is 5.32 Å². The second kappa shape index (κ2) is 7.11. The molecule has 0 radical (unpaired) electrons. The second-order valence-corrected chi connectivity index (χ2v) is 5.38. The van der Waals surface area contributed by atoms with Crippen molar-refractivity contribution in [1.29, 1.82) is 0 Å². The number of rotatable bonds is 6. The Bertz CT molecular complexity index is 528. The number of hydrogen-bond donors (Lipinski definition) is 2. The normalized spacial score (nSPS) is 13.7. The quantitative estimate of drug-likeness (QED) is 0.787.